The standard InChI is InChI=1S/C14H23NO/c1-11-4-7-14(8-5-11)9-6-12(2)15-13(3)10-16/h4-5,7-8,12-13,15-16H,6,9-10H2,1-3H3/t12?,13-/m1/s1. The maximum absolute atomic E-state index is 8.94. The van der Waals surface area contributed by atoms with Crippen molar-refractivity contribution < 1.29 is 5.11 Å². The number of aliphatic hydroxyl groups excluding tert-OH is 1. The van der Waals surface area contributed by atoms with E-state index in [1.165, 1.54) is 11.1 Å². The first-order valence-electron chi connectivity index (χ1n) is 6.04. The summed E-state index contributed by atoms with van der Waals surface area (Å²) in [6.07, 6.45) is 2.19. The maximum atomic E-state index is 8.94. The Morgan fingerprint density at radius 3 is 2.31 bits per heavy atom. The smallest absolute Gasteiger partial charge is 0.0582 e. The molecule has 1 unspecified atom stereocenters. The van der Waals surface area contributed by atoms with Crippen molar-refractivity contribution in [1.82, 2.24) is 5.32 Å². The van der Waals surface area contributed by atoms with Gasteiger partial charge in [0.15, 0.2) is 0 Å². The Bertz CT molecular complexity index is 294. The highest BCUT2D eigenvalue weighted by molar-refractivity contribution is 5.21. The average Bonchev–Trinajstić information content (AvgIpc) is 2.28. The number of benzene rings is 1. The molecule has 0 aliphatic rings. The second-order valence-corrected chi connectivity index (χ2v) is 4.68. The second kappa shape index (κ2) is 6.66. The third kappa shape index (κ3) is 4.77. The van der Waals surface area contributed by atoms with Crippen molar-refractivity contribution in [2.75, 3.05) is 6.61 Å². The molecule has 0 heterocycles. The molecule has 1 rings (SSSR count). The molecule has 2 atom stereocenters. The van der Waals surface area contributed by atoms with Gasteiger partial charge in [-0.1, -0.05) is 29.8 Å². The van der Waals surface area contributed by atoms with Gasteiger partial charge in [0.05, 0.1) is 6.61 Å². The lowest BCUT2D eigenvalue weighted by Gasteiger charge is -2.18. The summed E-state index contributed by atoms with van der Waals surface area (Å²) < 4.78 is 0. The lowest BCUT2D eigenvalue weighted by molar-refractivity contribution is 0.241. The minimum absolute atomic E-state index is 0.188. The summed E-state index contributed by atoms with van der Waals surface area (Å²) in [5, 5.41) is 12.3. The first-order chi connectivity index (χ1) is 7.61. The van der Waals surface area contributed by atoms with Crippen molar-refractivity contribution in [2.45, 2.75) is 45.7 Å². The normalized spacial score (nSPS) is 14.8. The van der Waals surface area contributed by atoms with Crippen LogP contribution in [0, 0.1) is 6.92 Å². The summed E-state index contributed by atoms with van der Waals surface area (Å²) in [5.41, 5.74) is 2.69. The number of hydrogen-bond acceptors (Lipinski definition) is 2. The number of rotatable bonds is 6. The zero-order valence-corrected chi connectivity index (χ0v) is 10.5. The predicted molar refractivity (Wildman–Crippen MR) is 68.6 cm³/mol. The van der Waals surface area contributed by atoms with Crippen LogP contribution in [-0.4, -0.2) is 23.8 Å². The summed E-state index contributed by atoms with van der Waals surface area (Å²) in [4.78, 5) is 0. The molecule has 0 bridgehead atoms. The molecular weight excluding hydrogens is 198 g/mol. The van der Waals surface area contributed by atoms with E-state index in [-0.39, 0.29) is 12.6 Å². The van der Waals surface area contributed by atoms with E-state index in [1.54, 1.807) is 0 Å². The molecule has 1 aromatic carbocycles. The number of hydrogen-bond donors (Lipinski definition) is 2. The minimum Gasteiger partial charge on any atom is -0.395 e. The van der Waals surface area contributed by atoms with Crippen LogP contribution in [0.2, 0.25) is 0 Å². The Hall–Kier alpha value is -0.860. The van der Waals surface area contributed by atoms with E-state index in [0.29, 0.717) is 6.04 Å². The molecule has 0 amide bonds. The van der Waals surface area contributed by atoms with Gasteiger partial charge in [0.25, 0.3) is 0 Å². The molecule has 2 heteroatoms. The van der Waals surface area contributed by atoms with Gasteiger partial charge in [0.1, 0.15) is 0 Å². The monoisotopic (exact) mass is 221 g/mol. The Morgan fingerprint density at radius 2 is 1.75 bits per heavy atom. The highest BCUT2D eigenvalue weighted by atomic mass is 16.3. The van der Waals surface area contributed by atoms with Crippen LogP contribution in [0.3, 0.4) is 0 Å². The lowest BCUT2D eigenvalue weighted by atomic mass is 10.0. The molecule has 16 heavy (non-hydrogen) atoms. The van der Waals surface area contributed by atoms with Crippen LogP contribution in [0.4, 0.5) is 0 Å². The predicted octanol–water partition coefficient (Wildman–Crippen LogP) is 2.29. The number of aryl methyl sites for hydroxylation is 2. The lowest BCUT2D eigenvalue weighted by Crippen LogP contribution is -2.36. The van der Waals surface area contributed by atoms with E-state index >= 15 is 0 Å². The molecule has 2 nitrogen and oxygen atoms in total. The Kier molecular flexibility index (Phi) is 5.50. The third-order valence-electron chi connectivity index (χ3n) is 2.83. The molecular formula is C14H23NO. The Morgan fingerprint density at radius 1 is 1.12 bits per heavy atom. The van der Waals surface area contributed by atoms with Crippen LogP contribution in [0.1, 0.15) is 31.4 Å². The van der Waals surface area contributed by atoms with Gasteiger partial charge in [-0.25, -0.2) is 0 Å². The van der Waals surface area contributed by atoms with Crippen molar-refractivity contribution in [3.63, 3.8) is 0 Å². The van der Waals surface area contributed by atoms with Gasteiger partial charge >= 0.3 is 0 Å². The molecule has 0 fully saturated rings. The van der Waals surface area contributed by atoms with Gasteiger partial charge in [-0.3, -0.25) is 0 Å². The zero-order valence-electron chi connectivity index (χ0n) is 10.5. The fraction of sp³-hybridized carbons (Fsp3) is 0.571. The van der Waals surface area contributed by atoms with Gasteiger partial charge in [-0.2, -0.15) is 0 Å². The summed E-state index contributed by atoms with van der Waals surface area (Å²) in [5.74, 6) is 0. The van der Waals surface area contributed by atoms with Crippen molar-refractivity contribution in [1.29, 1.82) is 0 Å². The molecule has 0 spiro atoms. The van der Waals surface area contributed by atoms with Crippen molar-refractivity contribution in [2.24, 2.45) is 0 Å². The van der Waals surface area contributed by atoms with Crippen molar-refractivity contribution in [3.05, 3.63) is 35.4 Å². The molecule has 0 saturated carbocycles. The van der Waals surface area contributed by atoms with Crippen LogP contribution in [0.15, 0.2) is 24.3 Å². The van der Waals surface area contributed by atoms with E-state index < -0.39 is 0 Å². The van der Waals surface area contributed by atoms with Gasteiger partial charge < -0.3 is 10.4 Å². The van der Waals surface area contributed by atoms with Crippen LogP contribution in [-0.2, 0) is 6.42 Å². The topological polar surface area (TPSA) is 32.3 Å². The van der Waals surface area contributed by atoms with Crippen LogP contribution >= 0.6 is 0 Å². The van der Waals surface area contributed by atoms with Crippen molar-refractivity contribution in [3.8, 4) is 0 Å². The Labute approximate surface area is 98.7 Å². The molecule has 0 saturated heterocycles. The zero-order chi connectivity index (χ0) is 12.0. The van der Waals surface area contributed by atoms with Gasteiger partial charge in [-0.15, -0.1) is 0 Å². The highest BCUT2D eigenvalue weighted by Gasteiger charge is 2.06. The highest BCUT2D eigenvalue weighted by Crippen LogP contribution is 2.07. The number of aliphatic hydroxyl groups is 1. The van der Waals surface area contributed by atoms with Crippen LogP contribution < -0.4 is 5.32 Å². The summed E-state index contributed by atoms with van der Waals surface area (Å²) in [6, 6.07) is 9.33. The maximum Gasteiger partial charge on any atom is 0.0582 e. The van der Waals surface area contributed by atoms with E-state index in [4.69, 9.17) is 5.11 Å². The van der Waals surface area contributed by atoms with Crippen LogP contribution in [0.5, 0.6) is 0 Å². The molecule has 0 aliphatic heterocycles. The van der Waals surface area contributed by atoms with Crippen molar-refractivity contribution >= 4 is 0 Å². The van der Waals surface area contributed by atoms with E-state index in [0.717, 1.165) is 12.8 Å². The first kappa shape index (κ1) is 13.2. The minimum atomic E-state index is 0.188. The largest absolute Gasteiger partial charge is 0.395 e. The summed E-state index contributed by atoms with van der Waals surface area (Å²) in [7, 11) is 0. The Balaban J connectivity index is 2.31. The van der Waals surface area contributed by atoms with E-state index in [2.05, 4.69) is 43.4 Å². The first-order valence-corrected chi connectivity index (χ1v) is 6.04. The summed E-state index contributed by atoms with van der Waals surface area (Å²) >= 11 is 0. The van der Waals surface area contributed by atoms with Gasteiger partial charge in [0.2, 0.25) is 0 Å². The molecule has 0 radical (unpaired) electrons. The molecule has 1 aromatic rings. The van der Waals surface area contributed by atoms with E-state index in [1.807, 2.05) is 6.92 Å². The average molecular weight is 221 g/mol. The van der Waals surface area contributed by atoms with Crippen LogP contribution in [0.25, 0.3) is 0 Å². The van der Waals surface area contributed by atoms with E-state index in [9.17, 15) is 0 Å². The fourth-order valence-corrected chi connectivity index (χ4v) is 1.76. The molecule has 0 aliphatic carbocycles. The summed E-state index contributed by atoms with van der Waals surface area (Å²) in [6.45, 7) is 6.48. The molecule has 90 valence electrons. The fourth-order valence-electron chi connectivity index (χ4n) is 1.76. The molecule has 0 aromatic heterocycles. The third-order valence-corrected chi connectivity index (χ3v) is 2.83. The number of nitrogens with one attached hydrogen (secondary N) is 1. The second-order valence-electron chi connectivity index (χ2n) is 4.68. The van der Waals surface area contributed by atoms with Gasteiger partial charge in [-0.05, 0) is 39.2 Å². The van der Waals surface area contributed by atoms with Gasteiger partial charge in [0, 0.05) is 12.1 Å². The SMILES string of the molecule is Cc1ccc(CCC(C)N[C@H](C)CO)cc1. The molecule has 2 N–H and O–H groups in total. The quantitative estimate of drug-likeness (QED) is 0.772.